The summed E-state index contributed by atoms with van der Waals surface area (Å²) in [4.78, 5) is 16.5. The Morgan fingerprint density at radius 3 is 2.72 bits per heavy atom. The summed E-state index contributed by atoms with van der Waals surface area (Å²) in [5, 5.41) is 13.9. The zero-order valence-corrected chi connectivity index (χ0v) is 11.0. The molecule has 0 saturated heterocycles. The predicted molar refractivity (Wildman–Crippen MR) is 69.1 cm³/mol. The van der Waals surface area contributed by atoms with E-state index in [1.165, 1.54) is 19.2 Å². The van der Waals surface area contributed by atoms with E-state index in [-0.39, 0.29) is 17.5 Å². The van der Waals surface area contributed by atoms with Crippen LogP contribution in [0.1, 0.15) is 6.92 Å². The SMILES string of the molecule is COc1ccc([N+](=O)[O-])c(NCC(C)N(C)C)n1. The lowest BCUT2D eigenvalue weighted by Crippen LogP contribution is -2.31. The summed E-state index contributed by atoms with van der Waals surface area (Å²) in [6, 6.07) is 3.09. The number of likely N-dealkylation sites (N-methyl/N-ethyl adjacent to an activating group) is 1. The van der Waals surface area contributed by atoms with Crippen LogP contribution in [0.25, 0.3) is 0 Å². The van der Waals surface area contributed by atoms with Crippen LogP contribution >= 0.6 is 0 Å². The maximum atomic E-state index is 10.9. The molecule has 1 aromatic rings. The normalized spacial score (nSPS) is 12.3. The first-order chi connectivity index (χ1) is 8.45. The number of nitrogens with zero attached hydrogens (tertiary/aromatic N) is 3. The second kappa shape index (κ2) is 6.15. The number of rotatable bonds is 6. The Labute approximate surface area is 106 Å². The van der Waals surface area contributed by atoms with Crippen molar-refractivity contribution in [2.24, 2.45) is 0 Å². The van der Waals surface area contributed by atoms with E-state index in [9.17, 15) is 10.1 Å². The highest BCUT2D eigenvalue weighted by Gasteiger charge is 2.17. The number of anilines is 1. The van der Waals surface area contributed by atoms with Crippen molar-refractivity contribution in [2.75, 3.05) is 33.1 Å². The molecule has 7 heteroatoms. The van der Waals surface area contributed by atoms with Gasteiger partial charge in [-0.25, -0.2) is 0 Å². The number of hydrogen-bond donors (Lipinski definition) is 1. The van der Waals surface area contributed by atoms with Gasteiger partial charge in [0.1, 0.15) is 0 Å². The topological polar surface area (TPSA) is 80.5 Å². The van der Waals surface area contributed by atoms with Crippen LogP contribution in [0.2, 0.25) is 0 Å². The minimum atomic E-state index is -0.463. The number of pyridine rings is 1. The van der Waals surface area contributed by atoms with Gasteiger partial charge in [-0.05, 0) is 21.0 Å². The van der Waals surface area contributed by atoms with Crippen LogP contribution in [0, 0.1) is 10.1 Å². The van der Waals surface area contributed by atoms with Crippen LogP contribution in [0.4, 0.5) is 11.5 Å². The molecule has 0 saturated carbocycles. The Morgan fingerprint density at radius 2 is 2.22 bits per heavy atom. The minimum Gasteiger partial charge on any atom is -0.481 e. The van der Waals surface area contributed by atoms with Crippen LogP contribution in [0.15, 0.2) is 12.1 Å². The number of nitro groups is 1. The fraction of sp³-hybridized carbons (Fsp3) is 0.545. The zero-order valence-electron chi connectivity index (χ0n) is 11.0. The summed E-state index contributed by atoms with van der Waals surface area (Å²) in [6.07, 6.45) is 0. The van der Waals surface area contributed by atoms with E-state index in [1.807, 2.05) is 25.9 Å². The highest BCUT2D eigenvalue weighted by atomic mass is 16.6. The van der Waals surface area contributed by atoms with Crippen molar-refractivity contribution >= 4 is 11.5 Å². The van der Waals surface area contributed by atoms with Crippen molar-refractivity contribution in [1.29, 1.82) is 0 Å². The number of aromatic nitrogens is 1. The van der Waals surface area contributed by atoms with Gasteiger partial charge in [-0.1, -0.05) is 0 Å². The van der Waals surface area contributed by atoms with E-state index in [0.29, 0.717) is 12.4 Å². The molecule has 18 heavy (non-hydrogen) atoms. The van der Waals surface area contributed by atoms with Gasteiger partial charge in [-0.3, -0.25) is 10.1 Å². The Kier molecular flexibility index (Phi) is 4.85. The summed E-state index contributed by atoms with van der Waals surface area (Å²) in [6.45, 7) is 2.58. The second-order valence-corrected chi connectivity index (χ2v) is 4.17. The molecule has 0 radical (unpaired) electrons. The van der Waals surface area contributed by atoms with Crippen LogP contribution in [0.3, 0.4) is 0 Å². The average Bonchev–Trinajstić information content (AvgIpc) is 2.34. The van der Waals surface area contributed by atoms with Crippen LogP contribution in [-0.2, 0) is 0 Å². The van der Waals surface area contributed by atoms with Crippen LogP contribution in [0.5, 0.6) is 5.88 Å². The summed E-state index contributed by atoms with van der Waals surface area (Å²) < 4.78 is 4.96. The molecule has 0 spiro atoms. The van der Waals surface area contributed by atoms with E-state index in [2.05, 4.69) is 10.3 Å². The lowest BCUT2D eigenvalue weighted by atomic mass is 10.3. The summed E-state index contributed by atoms with van der Waals surface area (Å²) >= 11 is 0. The molecular weight excluding hydrogens is 236 g/mol. The van der Waals surface area contributed by atoms with Crippen LogP contribution in [-0.4, -0.2) is 48.6 Å². The molecular formula is C11H18N4O3. The summed E-state index contributed by atoms with van der Waals surface area (Å²) in [5.74, 6) is 0.577. The minimum absolute atomic E-state index is 0.0539. The van der Waals surface area contributed by atoms with Crippen molar-refractivity contribution in [1.82, 2.24) is 9.88 Å². The molecule has 0 aliphatic heterocycles. The van der Waals surface area contributed by atoms with E-state index >= 15 is 0 Å². The van der Waals surface area contributed by atoms with Gasteiger partial charge in [0.2, 0.25) is 11.7 Å². The average molecular weight is 254 g/mol. The molecule has 7 nitrogen and oxygen atoms in total. The molecule has 1 rings (SSSR count). The monoisotopic (exact) mass is 254 g/mol. The first-order valence-electron chi connectivity index (χ1n) is 5.55. The first kappa shape index (κ1) is 14.2. The molecule has 0 aromatic carbocycles. The number of nitrogens with one attached hydrogen (secondary N) is 1. The lowest BCUT2D eigenvalue weighted by Gasteiger charge is -2.20. The molecule has 100 valence electrons. The van der Waals surface area contributed by atoms with Gasteiger partial charge in [0.25, 0.3) is 0 Å². The highest BCUT2D eigenvalue weighted by molar-refractivity contribution is 5.57. The Bertz CT molecular complexity index is 423. The number of methoxy groups -OCH3 is 1. The van der Waals surface area contributed by atoms with Gasteiger partial charge in [0.05, 0.1) is 12.0 Å². The van der Waals surface area contributed by atoms with Gasteiger partial charge in [-0.2, -0.15) is 4.98 Å². The molecule has 1 aromatic heterocycles. The lowest BCUT2D eigenvalue weighted by molar-refractivity contribution is -0.384. The third-order valence-corrected chi connectivity index (χ3v) is 2.70. The summed E-state index contributed by atoms with van der Waals surface area (Å²) in [7, 11) is 5.36. The largest absolute Gasteiger partial charge is 0.481 e. The van der Waals surface area contributed by atoms with E-state index in [0.717, 1.165) is 0 Å². The fourth-order valence-corrected chi connectivity index (χ4v) is 1.25. The Morgan fingerprint density at radius 1 is 1.56 bits per heavy atom. The van der Waals surface area contributed by atoms with Gasteiger partial charge in [-0.15, -0.1) is 0 Å². The number of ether oxygens (including phenoxy) is 1. The van der Waals surface area contributed by atoms with Gasteiger partial charge < -0.3 is 15.0 Å². The maximum absolute atomic E-state index is 10.9. The van der Waals surface area contributed by atoms with E-state index in [1.54, 1.807) is 0 Å². The van der Waals surface area contributed by atoms with Crippen LogP contribution < -0.4 is 10.1 Å². The predicted octanol–water partition coefficient (Wildman–Crippen LogP) is 1.36. The smallest absolute Gasteiger partial charge is 0.311 e. The fourth-order valence-electron chi connectivity index (χ4n) is 1.25. The molecule has 1 unspecified atom stereocenters. The number of hydrogen-bond acceptors (Lipinski definition) is 6. The molecule has 1 heterocycles. The quantitative estimate of drug-likeness (QED) is 0.610. The van der Waals surface area contributed by atoms with E-state index < -0.39 is 4.92 Å². The maximum Gasteiger partial charge on any atom is 0.311 e. The molecule has 0 aliphatic rings. The molecule has 0 fully saturated rings. The van der Waals surface area contributed by atoms with Crippen molar-refractivity contribution in [2.45, 2.75) is 13.0 Å². The third kappa shape index (κ3) is 3.56. The Hall–Kier alpha value is -1.89. The third-order valence-electron chi connectivity index (χ3n) is 2.70. The van der Waals surface area contributed by atoms with Gasteiger partial charge in [0.15, 0.2) is 0 Å². The Balaban J connectivity index is 2.87. The van der Waals surface area contributed by atoms with Gasteiger partial charge in [0, 0.05) is 24.7 Å². The van der Waals surface area contributed by atoms with Crippen molar-refractivity contribution < 1.29 is 9.66 Å². The molecule has 1 atom stereocenters. The van der Waals surface area contributed by atoms with Gasteiger partial charge >= 0.3 is 5.69 Å². The standard InChI is InChI=1S/C11H18N4O3/c1-8(14(2)3)7-12-11-9(15(16)17)5-6-10(13-11)18-4/h5-6,8H,7H2,1-4H3,(H,12,13). The second-order valence-electron chi connectivity index (χ2n) is 4.17. The van der Waals surface area contributed by atoms with Crippen molar-refractivity contribution in [3.05, 3.63) is 22.2 Å². The zero-order chi connectivity index (χ0) is 13.7. The molecule has 0 amide bonds. The first-order valence-corrected chi connectivity index (χ1v) is 5.55. The molecule has 0 bridgehead atoms. The molecule has 0 aliphatic carbocycles. The van der Waals surface area contributed by atoms with Crippen molar-refractivity contribution in [3.63, 3.8) is 0 Å². The molecule has 1 N–H and O–H groups in total. The summed E-state index contributed by atoms with van der Waals surface area (Å²) in [5.41, 5.74) is -0.0539. The van der Waals surface area contributed by atoms with Crippen molar-refractivity contribution in [3.8, 4) is 5.88 Å². The van der Waals surface area contributed by atoms with E-state index in [4.69, 9.17) is 4.74 Å². The highest BCUT2D eigenvalue weighted by Crippen LogP contribution is 2.24.